The van der Waals surface area contributed by atoms with Crippen molar-refractivity contribution < 1.29 is 39.3 Å². The second-order valence-electron chi connectivity index (χ2n) is 5.79. The van der Waals surface area contributed by atoms with Crippen molar-refractivity contribution in [1.82, 2.24) is 16.0 Å². The first-order valence-corrected chi connectivity index (χ1v) is 7.88. The monoisotopic (exact) mass is 391 g/mol. The average Bonchev–Trinajstić information content (AvgIpc) is 2.54. The van der Waals surface area contributed by atoms with Gasteiger partial charge in [0.25, 0.3) is 0 Å². The van der Waals surface area contributed by atoms with E-state index in [4.69, 9.17) is 16.6 Å². The number of nitrogens with two attached hydrogens (primary N) is 2. The molecule has 0 rings (SSSR count). The number of nitrogens with one attached hydrogen (secondary N) is 3. The topological polar surface area (TPSA) is 234 Å². The number of carboxylic acid groups (broad SMARTS) is 1. The van der Waals surface area contributed by atoms with E-state index in [1.54, 1.807) is 0 Å². The van der Waals surface area contributed by atoms with Crippen LogP contribution in [-0.2, 0) is 24.0 Å². The van der Waals surface area contributed by atoms with Crippen molar-refractivity contribution in [3.63, 3.8) is 0 Å². The summed E-state index contributed by atoms with van der Waals surface area (Å²) in [5, 5.41) is 34.3. The number of carbonyl (C=O) groups is 5. The second kappa shape index (κ2) is 11.1. The highest BCUT2D eigenvalue weighted by molar-refractivity contribution is 5.95. The minimum atomic E-state index is -1.69. The molecule has 0 aromatic heterocycles. The number of hydrogen-bond donors (Lipinski definition) is 8. The van der Waals surface area contributed by atoms with Gasteiger partial charge in [0.2, 0.25) is 23.6 Å². The number of amides is 4. The third-order valence-electron chi connectivity index (χ3n) is 3.35. The molecule has 0 saturated heterocycles. The lowest BCUT2D eigenvalue weighted by atomic mass is 10.1. The lowest BCUT2D eigenvalue weighted by molar-refractivity contribution is -0.146. The highest BCUT2D eigenvalue weighted by Gasteiger charge is 2.33. The molecule has 154 valence electrons. The summed E-state index contributed by atoms with van der Waals surface area (Å²) in [6.07, 6.45) is -3.53. The minimum Gasteiger partial charge on any atom is -0.480 e. The number of carbonyl (C=O) groups excluding carboxylic acids is 4. The molecular weight excluding hydrogens is 366 g/mol. The molecule has 5 atom stereocenters. The molecule has 13 heteroatoms. The molecule has 0 aliphatic carbocycles. The molecule has 0 spiro atoms. The van der Waals surface area contributed by atoms with E-state index in [1.165, 1.54) is 0 Å². The van der Waals surface area contributed by atoms with Crippen molar-refractivity contribution >= 4 is 29.6 Å². The molecule has 0 aliphatic heterocycles. The highest BCUT2D eigenvalue weighted by Crippen LogP contribution is 2.01. The van der Waals surface area contributed by atoms with E-state index in [-0.39, 0.29) is 0 Å². The van der Waals surface area contributed by atoms with E-state index in [0.29, 0.717) is 0 Å². The van der Waals surface area contributed by atoms with Gasteiger partial charge in [-0.3, -0.25) is 19.2 Å². The van der Waals surface area contributed by atoms with Gasteiger partial charge < -0.3 is 42.7 Å². The summed E-state index contributed by atoms with van der Waals surface area (Å²) in [5.74, 6) is -5.36. The summed E-state index contributed by atoms with van der Waals surface area (Å²) >= 11 is 0. The number of rotatable bonds is 11. The van der Waals surface area contributed by atoms with Crippen molar-refractivity contribution in [2.45, 2.75) is 50.6 Å². The third kappa shape index (κ3) is 8.44. The van der Waals surface area contributed by atoms with Crippen LogP contribution in [0.5, 0.6) is 0 Å². The Kier molecular flexibility index (Phi) is 9.92. The Hall–Kier alpha value is -2.77. The molecule has 0 radical (unpaired) electrons. The van der Waals surface area contributed by atoms with Crippen molar-refractivity contribution in [3.8, 4) is 0 Å². The predicted molar refractivity (Wildman–Crippen MR) is 89.7 cm³/mol. The smallest absolute Gasteiger partial charge is 0.328 e. The van der Waals surface area contributed by atoms with Crippen molar-refractivity contribution in [2.24, 2.45) is 11.5 Å². The Balaban J connectivity index is 5.31. The minimum absolute atomic E-state index is 0.475. The Morgan fingerprint density at radius 2 is 1.37 bits per heavy atom. The summed E-state index contributed by atoms with van der Waals surface area (Å²) in [7, 11) is 0. The quantitative estimate of drug-likeness (QED) is 0.168. The van der Waals surface area contributed by atoms with Crippen molar-refractivity contribution in [3.05, 3.63) is 0 Å². The zero-order chi connectivity index (χ0) is 21.3. The molecule has 0 heterocycles. The number of aliphatic hydroxyl groups excluding tert-OH is 2. The van der Waals surface area contributed by atoms with Crippen LogP contribution in [0.2, 0.25) is 0 Å². The first-order valence-electron chi connectivity index (χ1n) is 7.88. The number of hydrogen-bond acceptors (Lipinski definition) is 8. The van der Waals surface area contributed by atoms with Crippen molar-refractivity contribution in [2.75, 3.05) is 6.54 Å². The molecule has 0 saturated carbocycles. The van der Waals surface area contributed by atoms with Gasteiger partial charge in [-0.05, 0) is 13.8 Å². The van der Waals surface area contributed by atoms with Gasteiger partial charge in [-0.15, -0.1) is 0 Å². The van der Waals surface area contributed by atoms with Gasteiger partial charge in [-0.2, -0.15) is 0 Å². The van der Waals surface area contributed by atoms with Gasteiger partial charge in [0.15, 0.2) is 6.04 Å². The van der Waals surface area contributed by atoms with Crippen molar-refractivity contribution in [1.29, 1.82) is 0 Å². The molecule has 4 amide bonds. The standard InChI is InChI=1S/C14H25N5O8/c1-5(20)10(13(25)19-11(6(2)21)14(26)27)18-12(24)7(3-8(16)22)17-9(23)4-15/h5-7,10-11,20-21H,3-4,15H2,1-2H3,(H2,16,22)(H,17,23)(H,18,24)(H,19,25)(H,26,27). The summed E-state index contributed by atoms with van der Waals surface area (Å²) in [4.78, 5) is 58.0. The highest BCUT2D eigenvalue weighted by atomic mass is 16.4. The van der Waals surface area contributed by atoms with Crippen LogP contribution in [-0.4, -0.2) is 81.8 Å². The fourth-order valence-corrected chi connectivity index (χ4v) is 1.95. The van der Waals surface area contributed by atoms with Crippen LogP contribution in [0, 0.1) is 0 Å². The molecule has 5 unspecified atom stereocenters. The van der Waals surface area contributed by atoms with Crippen LogP contribution in [0.25, 0.3) is 0 Å². The average molecular weight is 391 g/mol. The molecular formula is C14H25N5O8. The molecule has 0 aromatic rings. The Bertz CT molecular complexity index is 580. The van der Waals surface area contributed by atoms with E-state index in [0.717, 1.165) is 13.8 Å². The lowest BCUT2D eigenvalue weighted by Crippen LogP contribution is -2.60. The van der Waals surface area contributed by atoms with Crippen LogP contribution in [0.1, 0.15) is 20.3 Å². The zero-order valence-corrected chi connectivity index (χ0v) is 14.8. The molecule has 0 fully saturated rings. The largest absolute Gasteiger partial charge is 0.480 e. The summed E-state index contributed by atoms with van der Waals surface area (Å²) in [6, 6.07) is -4.78. The lowest BCUT2D eigenvalue weighted by Gasteiger charge is -2.26. The molecule has 0 aromatic carbocycles. The number of aliphatic hydroxyl groups is 2. The SMILES string of the molecule is CC(O)C(NC(=O)C(NC(=O)C(CC(N)=O)NC(=O)CN)C(C)O)C(=O)O. The second-order valence-corrected chi connectivity index (χ2v) is 5.79. The third-order valence-corrected chi connectivity index (χ3v) is 3.35. The maximum absolute atomic E-state index is 12.3. The van der Waals surface area contributed by atoms with Gasteiger partial charge in [0.1, 0.15) is 12.1 Å². The van der Waals surface area contributed by atoms with Crippen LogP contribution < -0.4 is 27.4 Å². The molecule has 10 N–H and O–H groups in total. The first kappa shape index (κ1) is 24.2. The predicted octanol–water partition coefficient (Wildman–Crippen LogP) is -4.88. The van der Waals surface area contributed by atoms with Gasteiger partial charge in [0.05, 0.1) is 25.2 Å². The molecule has 0 aliphatic rings. The normalized spacial score (nSPS) is 16.2. The number of primary amides is 1. The first-order chi connectivity index (χ1) is 12.4. The molecule has 13 nitrogen and oxygen atoms in total. The summed E-state index contributed by atoms with van der Waals surface area (Å²) in [6.45, 7) is 1.79. The number of carboxylic acids is 1. The summed E-state index contributed by atoms with van der Waals surface area (Å²) < 4.78 is 0. The molecule has 27 heavy (non-hydrogen) atoms. The van der Waals surface area contributed by atoms with Gasteiger partial charge in [0, 0.05) is 0 Å². The maximum atomic E-state index is 12.3. The fraction of sp³-hybridized carbons (Fsp3) is 0.643. The van der Waals surface area contributed by atoms with Crippen LogP contribution in [0.4, 0.5) is 0 Å². The maximum Gasteiger partial charge on any atom is 0.328 e. The zero-order valence-electron chi connectivity index (χ0n) is 14.8. The van der Waals surface area contributed by atoms with Crippen LogP contribution in [0.3, 0.4) is 0 Å². The van der Waals surface area contributed by atoms with E-state index in [2.05, 4.69) is 10.6 Å². The molecule has 0 bridgehead atoms. The van der Waals surface area contributed by atoms with Crippen LogP contribution >= 0.6 is 0 Å². The van der Waals surface area contributed by atoms with E-state index in [1.807, 2.05) is 5.32 Å². The van der Waals surface area contributed by atoms with Gasteiger partial charge in [-0.25, -0.2) is 4.79 Å². The van der Waals surface area contributed by atoms with E-state index < -0.39 is 72.9 Å². The Morgan fingerprint density at radius 1 is 0.889 bits per heavy atom. The summed E-state index contributed by atoms with van der Waals surface area (Å²) in [5.41, 5.74) is 10.1. The fourth-order valence-electron chi connectivity index (χ4n) is 1.95. The van der Waals surface area contributed by atoms with Gasteiger partial charge in [-0.1, -0.05) is 0 Å². The van der Waals surface area contributed by atoms with Gasteiger partial charge >= 0.3 is 5.97 Å². The van der Waals surface area contributed by atoms with E-state index in [9.17, 15) is 34.2 Å². The van der Waals surface area contributed by atoms with E-state index >= 15 is 0 Å². The Labute approximate surface area is 154 Å². The number of aliphatic carboxylic acids is 1. The Morgan fingerprint density at radius 3 is 1.74 bits per heavy atom. The van der Waals surface area contributed by atoms with Crippen LogP contribution in [0.15, 0.2) is 0 Å².